The zero-order valence-corrected chi connectivity index (χ0v) is 18.0. The van der Waals surface area contributed by atoms with Crippen molar-refractivity contribution >= 4 is 11.8 Å². The van der Waals surface area contributed by atoms with E-state index in [0.717, 1.165) is 49.6 Å². The Hall–Kier alpha value is -2.80. The van der Waals surface area contributed by atoms with E-state index in [9.17, 15) is 9.59 Å². The minimum absolute atomic E-state index is 0.252. The number of methoxy groups -OCH3 is 1. The van der Waals surface area contributed by atoms with Gasteiger partial charge in [0.2, 0.25) is 0 Å². The first-order valence-electron chi connectivity index (χ1n) is 10.4. The van der Waals surface area contributed by atoms with Crippen LogP contribution < -0.4 is 15.4 Å². The Kier molecular flexibility index (Phi) is 7.52. The molecule has 0 bridgehead atoms. The summed E-state index contributed by atoms with van der Waals surface area (Å²) in [5, 5.41) is 5.43. The molecule has 1 saturated heterocycles. The fraction of sp³-hybridized carbons (Fsp3) is 0.478. The summed E-state index contributed by atoms with van der Waals surface area (Å²) in [6.07, 6.45) is 2.00. The number of nitrogens with one attached hydrogen (secondary N) is 2. The van der Waals surface area contributed by atoms with Crippen molar-refractivity contribution < 1.29 is 18.7 Å². The molecule has 7 heteroatoms. The lowest BCUT2D eigenvalue weighted by molar-refractivity contribution is -0.139. The van der Waals surface area contributed by atoms with Crippen molar-refractivity contribution in [3.63, 3.8) is 0 Å². The Morgan fingerprint density at radius 3 is 2.47 bits per heavy atom. The molecule has 1 aromatic heterocycles. The zero-order chi connectivity index (χ0) is 21.5. The van der Waals surface area contributed by atoms with Crippen LogP contribution in [0.1, 0.15) is 35.5 Å². The molecular weight excluding hydrogens is 382 g/mol. The van der Waals surface area contributed by atoms with Gasteiger partial charge in [-0.3, -0.25) is 14.5 Å². The van der Waals surface area contributed by atoms with Gasteiger partial charge in [-0.15, -0.1) is 0 Å². The molecule has 0 aliphatic carbocycles. The maximum atomic E-state index is 12.1. The van der Waals surface area contributed by atoms with E-state index in [1.807, 2.05) is 38.1 Å². The number of piperidine rings is 1. The summed E-state index contributed by atoms with van der Waals surface area (Å²) in [6, 6.07) is 9.51. The summed E-state index contributed by atoms with van der Waals surface area (Å²) >= 11 is 0. The number of hydrogen-bond acceptors (Lipinski definition) is 5. The van der Waals surface area contributed by atoms with E-state index in [-0.39, 0.29) is 6.54 Å². The molecule has 30 heavy (non-hydrogen) atoms. The van der Waals surface area contributed by atoms with Crippen molar-refractivity contribution in [2.24, 2.45) is 5.92 Å². The highest BCUT2D eigenvalue weighted by molar-refractivity contribution is 6.35. The monoisotopic (exact) mass is 413 g/mol. The number of rotatable bonds is 7. The maximum absolute atomic E-state index is 12.1. The van der Waals surface area contributed by atoms with Crippen molar-refractivity contribution in [1.82, 2.24) is 15.5 Å². The Bertz CT molecular complexity index is 869. The average molecular weight is 414 g/mol. The second-order valence-corrected chi connectivity index (χ2v) is 7.86. The number of carbonyl (C=O) groups excluding carboxylic acids is 2. The molecule has 2 aromatic rings. The average Bonchev–Trinajstić information content (AvgIpc) is 3.07. The number of carbonyl (C=O) groups is 2. The molecule has 0 saturated carbocycles. The normalized spacial score (nSPS) is 15.0. The van der Waals surface area contributed by atoms with Crippen LogP contribution >= 0.6 is 0 Å². The predicted octanol–water partition coefficient (Wildman–Crippen LogP) is 2.55. The van der Waals surface area contributed by atoms with E-state index >= 15 is 0 Å². The van der Waals surface area contributed by atoms with Crippen molar-refractivity contribution in [3.05, 3.63) is 53.0 Å². The fourth-order valence-electron chi connectivity index (χ4n) is 3.85. The molecule has 2 amide bonds. The van der Waals surface area contributed by atoms with Gasteiger partial charge >= 0.3 is 11.8 Å². The lowest BCUT2D eigenvalue weighted by atomic mass is 9.96. The molecule has 1 aliphatic heterocycles. The highest BCUT2D eigenvalue weighted by atomic mass is 16.5. The number of nitrogens with zero attached hydrogens (tertiary/aromatic N) is 1. The Morgan fingerprint density at radius 1 is 1.10 bits per heavy atom. The van der Waals surface area contributed by atoms with Crippen LogP contribution in [0.25, 0.3) is 0 Å². The van der Waals surface area contributed by atoms with Gasteiger partial charge in [0.25, 0.3) is 0 Å². The van der Waals surface area contributed by atoms with Gasteiger partial charge in [-0.05, 0) is 57.8 Å². The van der Waals surface area contributed by atoms with Gasteiger partial charge in [-0.1, -0.05) is 18.2 Å². The van der Waals surface area contributed by atoms with E-state index in [1.165, 1.54) is 5.56 Å². The molecule has 1 fully saturated rings. The van der Waals surface area contributed by atoms with Gasteiger partial charge in [-0.25, -0.2) is 0 Å². The van der Waals surface area contributed by atoms with Crippen LogP contribution in [0, 0.1) is 19.8 Å². The SMILES string of the molecule is COc1ccccc1CNC(=O)C(=O)NCC1CCN(Cc2cc(C)oc2C)CC1. The van der Waals surface area contributed by atoms with Crippen molar-refractivity contribution in [3.8, 4) is 5.75 Å². The molecule has 1 aliphatic rings. The lowest BCUT2D eigenvalue weighted by Gasteiger charge is -2.31. The summed E-state index contributed by atoms with van der Waals surface area (Å²) in [7, 11) is 1.58. The summed E-state index contributed by atoms with van der Waals surface area (Å²) in [5.74, 6) is 1.80. The minimum atomic E-state index is -0.621. The zero-order valence-electron chi connectivity index (χ0n) is 18.0. The standard InChI is InChI=1S/C23H31N3O4/c1-16-12-20(17(2)30-16)15-26-10-8-18(9-11-26)13-24-22(27)23(28)25-14-19-6-4-5-7-21(19)29-3/h4-7,12,18H,8-11,13-15H2,1-3H3,(H,24,27)(H,25,28). The summed E-state index contributed by atoms with van der Waals surface area (Å²) < 4.78 is 10.9. The number of para-hydroxylation sites is 1. The van der Waals surface area contributed by atoms with Gasteiger partial charge in [0, 0.05) is 30.8 Å². The van der Waals surface area contributed by atoms with Gasteiger partial charge in [0.05, 0.1) is 7.11 Å². The van der Waals surface area contributed by atoms with Crippen LogP contribution in [0.5, 0.6) is 5.75 Å². The third-order valence-corrected chi connectivity index (χ3v) is 5.63. The Balaban J connectivity index is 1.37. The maximum Gasteiger partial charge on any atom is 0.309 e. The van der Waals surface area contributed by atoms with Crippen LogP contribution in [0.3, 0.4) is 0 Å². The fourth-order valence-corrected chi connectivity index (χ4v) is 3.85. The molecule has 2 N–H and O–H groups in total. The van der Waals surface area contributed by atoms with Crippen LogP contribution in [0.15, 0.2) is 34.7 Å². The van der Waals surface area contributed by atoms with Crippen LogP contribution in [0.4, 0.5) is 0 Å². The second kappa shape index (κ2) is 10.3. The number of likely N-dealkylation sites (tertiary alicyclic amines) is 1. The van der Waals surface area contributed by atoms with E-state index in [0.29, 0.717) is 18.2 Å². The van der Waals surface area contributed by atoms with Crippen molar-refractivity contribution in [2.45, 2.75) is 39.8 Å². The first-order chi connectivity index (χ1) is 14.5. The molecule has 0 atom stereocenters. The highest BCUT2D eigenvalue weighted by Crippen LogP contribution is 2.21. The summed E-state index contributed by atoms with van der Waals surface area (Å²) in [6.45, 7) is 7.60. The molecular formula is C23H31N3O4. The first kappa shape index (κ1) is 21.9. The van der Waals surface area contributed by atoms with Gasteiger partial charge in [0.1, 0.15) is 17.3 Å². The van der Waals surface area contributed by atoms with Gasteiger partial charge in [-0.2, -0.15) is 0 Å². The van der Waals surface area contributed by atoms with Crippen molar-refractivity contribution in [1.29, 1.82) is 0 Å². The van der Waals surface area contributed by atoms with Crippen molar-refractivity contribution in [2.75, 3.05) is 26.7 Å². The third-order valence-electron chi connectivity index (χ3n) is 5.63. The van der Waals surface area contributed by atoms with Crippen LogP contribution in [-0.2, 0) is 22.7 Å². The quantitative estimate of drug-likeness (QED) is 0.682. The topological polar surface area (TPSA) is 83.8 Å². The Morgan fingerprint density at radius 2 is 1.80 bits per heavy atom. The largest absolute Gasteiger partial charge is 0.496 e. The minimum Gasteiger partial charge on any atom is -0.496 e. The number of benzene rings is 1. The Labute approximate surface area is 177 Å². The van der Waals surface area contributed by atoms with Crippen LogP contribution in [0.2, 0.25) is 0 Å². The molecule has 0 unspecified atom stereocenters. The molecule has 162 valence electrons. The van der Waals surface area contributed by atoms with E-state index in [1.54, 1.807) is 7.11 Å². The lowest BCUT2D eigenvalue weighted by Crippen LogP contribution is -2.43. The van der Waals surface area contributed by atoms with E-state index in [4.69, 9.17) is 9.15 Å². The van der Waals surface area contributed by atoms with Gasteiger partial charge in [0.15, 0.2) is 0 Å². The molecule has 7 nitrogen and oxygen atoms in total. The highest BCUT2D eigenvalue weighted by Gasteiger charge is 2.22. The van der Waals surface area contributed by atoms with E-state index < -0.39 is 11.8 Å². The second-order valence-electron chi connectivity index (χ2n) is 7.86. The molecule has 3 rings (SSSR count). The van der Waals surface area contributed by atoms with Crippen LogP contribution in [-0.4, -0.2) is 43.5 Å². The van der Waals surface area contributed by atoms with Gasteiger partial charge < -0.3 is 19.8 Å². The third kappa shape index (κ3) is 5.86. The summed E-state index contributed by atoms with van der Waals surface area (Å²) in [5.41, 5.74) is 2.07. The number of amides is 2. The number of aryl methyl sites for hydroxylation is 2. The number of furan rings is 1. The first-order valence-corrected chi connectivity index (χ1v) is 10.4. The molecule has 2 heterocycles. The smallest absolute Gasteiger partial charge is 0.309 e. The number of ether oxygens (including phenoxy) is 1. The molecule has 1 aromatic carbocycles. The number of hydrogen-bond donors (Lipinski definition) is 2. The predicted molar refractivity (Wildman–Crippen MR) is 114 cm³/mol. The molecule has 0 radical (unpaired) electrons. The molecule has 0 spiro atoms. The summed E-state index contributed by atoms with van der Waals surface area (Å²) in [4.78, 5) is 26.6. The van der Waals surface area contributed by atoms with E-state index in [2.05, 4.69) is 21.6 Å².